The number of piperidine rings is 2. The lowest BCUT2D eigenvalue weighted by molar-refractivity contribution is -0.144. The number of anilines is 1. The summed E-state index contributed by atoms with van der Waals surface area (Å²) in [4.78, 5) is 29.4. The molecule has 4 rings (SSSR count). The molecule has 1 aliphatic carbocycles. The number of halogens is 1. The van der Waals surface area contributed by atoms with Gasteiger partial charge in [-0.3, -0.25) is 4.79 Å². The van der Waals surface area contributed by atoms with Gasteiger partial charge in [-0.2, -0.15) is 0 Å². The Kier molecular flexibility index (Phi) is 4.83. The number of carbonyl (C=O) groups is 2. The molecule has 0 aromatic heterocycles. The third-order valence-electron chi connectivity index (χ3n) is 6.10. The average Bonchev–Trinajstić information content (AvgIpc) is 3.14. The van der Waals surface area contributed by atoms with Gasteiger partial charge in [0.2, 0.25) is 5.91 Å². The quantitative estimate of drug-likeness (QED) is 0.898. The van der Waals surface area contributed by atoms with Crippen molar-refractivity contribution in [3.63, 3.8) is 0 Å². The molecule has 2 atom stereocenters. The lowest BCUT2D eigenvalue weighted by Crippen LogP contribution is -2.61. The third-order valence-corrected chi connectivity index (χ3v) is 6.10. The smallest absolute Gasteiger partial charge is 0.322 e. The van der Waals surface area contributed by atoms with Crippen LogP contribution in [0, 0.1) is 17.7 Å². The third kappa shape index (κ3) is 3.55. The Morgan fingerprint density at radius 2 is 1.88 bits per heavy atom. The highest BCUT2D eigenvalue weighted by molar-refractivity contribution is 5.94. The summed E-state index contributed by atoms with van der Waals surface area (Å²) < 4.78 is 13.0. The second-order valence-corrected chi connectivity index (χ2v) is 7.93. The van der Waals surface area contributed by atoms with Gasteiger partial charge in [-0.05, 0) is 61.8 Å². The van der Waals surface area contributed by atoms with Crippen LogP contribution in [-0.4, -0.2) is 47.4 Å². The molecule has 0 radical (unpaired) electrons. The Hall–Kier alpha value is -2.11. The van der Waals surface area contributed by atoms with E-state index in [1.807, 2.05) is 4.90 Å². The van der Waals surface area contributed by atoms with Crippen molar-refractivity contribution in [1.29, 1.82) is 0 Å². The zero-order valence-electron chi connectivity index (χ0n) is 15.0. The van der Waals surface area contributed by atoms with Crippen LogP contribution in [0.3, 0.4) is 0 Å². The maximum Gasteiger partial charge on any atom is 0.322 e. The van der Waals surface area contributed by atoms with E-state index in [1.165, 1.54) is 49.9 Å². The van der Waals surface area contributed by atoms with E-state index in [2.05, 4.69) is 5.32 Å². The summed E-state index contributed by atoms with van der Waals surface area (Å²) in [6.45, 7) is 2.30. The molecule has 0 spiro atoms. The zero-order chi connectivity index (χ0) is 18.1. The van der Waals surface area contributed by atoms with E-state index in [0.717, 1.165) is 25.9 Å². The molecule has 1 aromatic carbocycles. The molecule has 0 unspecified atom stereocenters. The van der Waals surface area contributed by atoms with Crippen LogP contribution in [0.15, 0.2) is 24.3 Å². The molecule has 1 N–H and O–H groups in total. The van der Waals surface area contributed by atoms with Crippen molar-refractivity contribution in [1.82, 2.24) is 9.80 Å². The van der Waals surface area contributed by atoms with E-state index >= 15 is 0 Å². The van der Waals surface area contributed by atoms with E-state index in [0.29, 0.717) is 24.1 Å². The first kappa shape index (κ1) is 17.3. The van der Waals surface area contributed by atoms with Gasteiger partial charge in [0.1, 0.15) is 11.9 Å². The fourth-order valence-electron chi connectivity index (χ4n) is 4.69. The van der Waals surface area contributed by atoms with E-state index in [4.69, 9.17) is 0 Å². The highest BCUT2D eigenvalue weighted by atomic mass is 19.1. The van der Waals surface area contributed by atoms with E-state index in [9.17, 15) is 14.0 Å². The number of urea groups is 1. The van der Waals surface area contributed by atoms with Crippen LogP contribution in [-0.2, 0) is 4.79 Å². The zero-order valence-corrected chi connectivity index (χ0v) is 15.0. The molecule has 26 heavy (non-hydrogen) atoms. The number of nitrogens with one attached hydrogen (secondary N) is 1. The fourth-order valence-corrected chi connectivity index (χ4v) is 4.69. The van der Waals surface area contributed by atoms with Gasteiger partial charge < -0.3 is 15.1 Å². The van der Waals surface area contributed by atoms with Gasteiger partial charge in [0.25, 0.3) is 0 Å². The SMILES string of the molecule is O=C1[C@H]2C[C@H](CCN2C(=O)Nc2ccc(F)cc2)CN1CC1CCCC1. The minimum atomic E-state index is -0.357. The van der Waals surface area contributed by atoms with Crippen LogP contribution in [0.5, 0.6) is 0 Å². The van der Waals surface area contributed by atoms with Gasteiger partial charge in [0, 0.05) is 25.3 Å². The molecule has 2 bridgehead atoms. The highest BCUT2D eigenvalue weighted by Crippen LogP contribution is 2.33. The van der Waals surface area contributed by atoms with Gasteiger partial charge in [0.15, 0.2) is 0 Å². The lowest BCUT2D eigenvalue weighted by Gasteiger charge is -2.46. The van der Waals surface area contributed by atoms with Gasteiger partial charge in [-0.1, -0.05) is 12.8 Å². The first-order valence-electron chi connectivity index (χ1n) is 9.72. The van der Waals surface area contributed by atoms with Crippen LogP contribution in [0.4, 0.5) is 14.9 Å². The standard InChI is InChI=1S/C20H26FN3O2/c21-16-5-7-17(8-6-16)22-20(26)24-10-9-15-11-18(24)19(25)23(13-15)12-14-3-1-2-4-14/h5-8,14-15,18H,1-4,9-13H2,(H,22,26)/t15-,18+/m0/s1. The van der Waals surface area contributed by atoms with Crippen LogP contribution < -0.4 is 5.32 Å². The molecule has 2 saturated heterocycles. The van der Waals surface area contributed by atoms with Crippen molar-refractivity contribution in [2.45, 2.75) is 44.6 Å². The van der Waals surface area contributed by atoms with Crippen molar-refractivity contribution >= 4 is 17.6 Å². The average molecular weight is 359 g/mol. The predicted octanol–water partition coefficient (Wildman–Crippen LogP) is 3.47. The summed E-state index contributed by atoms with van der Waals surface area (Å²) in [5.41, 5.74) is 0.546. The van der Waals surface area contributed by atoms with Gasteiger partial charge >= 0.3 is 6.03 Å². The Labute approximate surface area is 153 Å². The van der Waals surface area contributed by atoms with Crippen LogP contribution >= 0.6 is 0 Å². The minimum Gasteiger partial charge on any atom is -0.340 e. The number of carbonyl (C=O) groups excluding carboxylic acids is 2. The van der Waals surface area contributed by atoms with Crippen molar-refractivity contribution in [3.8, 4) is 0 Å². The number of amides is 3. The Morgan fingerprint density at radius 1 is 1.15 bits per heavy atom. The molecule has 3 aliphatic rings. The maximum atomic E-state index is 13.0. The van der Waals surface area contributed by atoms with Gasteiger partial charge in [0.05, 0.1) is 0 Å². The second kappa shape index (κ2) is 7.25. The minimum absolute atomic E-state index is 0.0992. The molecule has 1 saturated carbocycles. The lowest BCUT2D eigenvalue weighted by atomic mass is 9.85. The highest BCUT2D eigenvalue weighted by Gasteiger charge is 2.43. The first-order chi connectivity index (χ1) is 12.6. The molecule has 2 aliphatic heterocycles. The first-order valence-corrected chi connectivity index (χ1v) is 9.72. The van der Waals surface area contributed by atoms with Crippen molar-refractivity contribution in [2.24, 2.45) is 11.8 Å². The molecular weight excluding hydrogens is 333 g/mol. The number of rotatable bonds is 3. The number of fused-ring (bicyclic) bond motifs is 2. The van der Waals surface area contributed by atoms with E-state index < -0.39 is 0 Å². The number of hydrogen-bond donors (Lipinski definition) is 1. The van der Waals surface area contributed by atoms with Crippen molar-refractivity contribution < 1.29 is 14.0 Å². The topological polar surface area (TPSA) is 52.7 Å². The van der Waals surface area contributed by atoms with Gasteiger partial charge in [-0.15, -0.1) is 0 Å². The Morgan fingerprint density at radius 3 is 2.62 bits per heavy atom. The number of nitrogens with zero attached hydrogens (tertiary/aromatic N) is 2. The molecule has 6 heteroatoms. The summed E-state index contributed by atoms with van der Waals surface area (Å²) in [6.07, 6.45) is 6.66. The summed E-state index contributed by atoms with van der Waals surface area (Å²) in [5.74, 6) is 0.879. The normalized spacial score (nSPS) is 26.3. The van der Waals surface area contributed by atoms with Crippen LogP contribution in [0.2, 0.25) is 0 Å². The number of likely N-dealkylation sites (tertiary alicyclic amines) is 2. The predicted molar refractivity (Wildman–Crippen MR) is 97.2 cm³/mol. The number of hydrogen-bond acceptors (Lipinski definition) is 2. The molecular formula is C20H26FN3O2. The van der Waals surface area contributed by atoms with Crippen molar-refractivity contribution in [2.75, 3.05) is 25.0 Å². The molecule has 2 heterocycles. The Bertz CT molecular complexity index is 672. The molecule has 140 valence electrons. The molecule has 3 fully saturated rings. The van der Waals surface area contributed by atoms with E-state index in [-0.39, 0.29) is 23.8 Å². The summed E-state index contributed by atoms with van der Waals surface area (Å²) >= 11 is 0. The molecule has 1 aromatic rings. The number of benzene rings is 1. The van der Waals surface area contributed by atoms with Gasteiger partial charge in [-0.25, -0.2) is 9.18 Å². The second-order valence-electron chi connectivity index (χ2n) is 7.93. The summed E-state index contributed by atoms with van der Waals surface area (Å²) in [5, 5.41) is 2.80. The monoisotopic (exact) mass is 359 g/mol. The fraction of sp³-hybridized carbons (Fsp3) is 0.600. The summed E-state index contributed by atoms with van der Waals surface area (Å²) in [6, 6.07) is 5.08. The molecule has 5 nitrogen and oxygen atoms in total. The van der Waals surface area contributed by atoms with Crippen molar-refractivity contribution in [3.05, 3.63) is 30.1 Å². The van der Waals surface area contributed by atoms with E-state index in [1.54, 1.807) is 4.90 Å². The maximum absolute atomic E-state index is 13.0. The van der Waals surface area contributed by atoms with Crippen LogP contribution in [0.25, 0.3) is 0 Å². The molecule has 3 amide bonds. The van der Waals surface area contributed by atoms with Crippen LogP contribution in [0.1, 0.15) is 38.5 Å². The largest absolute Gasteiger partial charge is 0.340 e. The summed E-state index contributed by atoms with van der Waals surface area (Å²) in [7, 11) is 0. The Balaban J connectivity index is 1.43.